The van der Waals surface area contributed by atoms with Crippen LogP contribution in [0.3, 0.4) is 0 Å². The number of hydrogen-bond acceptors (Lipinski definition) is 9. The number of sulfone groups is 1. The number of carbonyl (C=O) groups excluding carboxylic acids is 1. The van der Waals surface area contributed by atoms with Gasteiger partial charge in [-0.05, 0) is 72.0 Å². The summed E-state index contributed by atoms with van der Waals surface area (Å²) in [4.78, 5) is 22.4. The number of hydrazine groups is 1. The highest BCUT2D eigenvalue weighted by Crippen LogP contribution is 2.44. The molecule has 1 amide bonds. The second kappa shape index (κ2) is 17.0. The van der Waals surface area contributed by atoms with E-state index in [4.69, 9.17) is 25.1 Å². The van der Waals surface area contributed by atoms with Crippen LogP contribution in [0, 0.1) is 6.92 Å². The van der Waals surface area contributed by atoms with Gasteiger partial charge in [0, 0.05) is 36.5 Å². The molecular weight excluding hydrogens is 657 g/mol. The van der Waals surface area contributed by atoms with Crippen LogP contribution in [0.15, 0.2) is 118 Å². The molecule has 0 radical (unpaired) electrons. The summed E-state index contributed by atoms with van der Waals surface area (Å²) in [6, 6.07) is 30.2. The molecule has 1 aliphatic rings. The van der Waals surface area contributed by atoms with Gasteiger partial charge in [-0.1, -0.05) is 77.4 Å². The standard InChI is InChI=1S/C37H40N6O6S/c1-27-12-14-28(15-13-27)20-22-39-42-36(45)37(21-25-50(46,47)32-9-3-2-4-10-32)34(33-11-6-5-8-30(33)26-40-43-38)49-35(41-37)29-16-18-31(19-17-29)48-24-7-23-44/h2-6,8-19,34,39,44H,7,20-26H2,1H3,(H,42,45)/t34-,37-/m0/s1. The van der Waals surface area contributed by atoms with Crippen LogP contribution in [0.5, 0.6) is 5.75 Å². The molecule has 0 bridgehead atoms. The number of nitrogens with zero attached hydrogens (tertiary/aromatic N) is 4. The third-order valence-electron chi connectivity index (χ3n) is 8.39. The third-order valence-corrected chi connectivity index (χ3v) is 10.1. The van der Waals surface area contributed by atoms with E-state index in [0.717, 1.165) is 11.1 Å². The predicted molar refractivity (Wildman–Crippen MR) is 190 cm³/mol. The molecular formula is C37H40N6O6S. The Labute approximate surface area is 291 Å². The quantitative estimate of drug-likeness (QED) is 0.0426. The van der Waals surface area contributed by atoms with E-state index in [1.54, 1.807) is 66.7 Å². The van der Waals surface area contributed by atoms with E-state index in [2.05, 4.69) is 20.9 Å². The van der Waals surface area contributed by atoms with Gasteiger partial charge < -0.3 is 14.6 Å². The summed E-state index contributed by atoms with van der Waals surface area (Å²) in [5.41, 5.74) is 17.1. The molecule has 0 aromatic heterocycles. The molecule has 260 valence electrons. The molecule has 0 saturated heterocycles. The highest BCUT2D eigenvalue weighted by atomic mass is 32.2. The summed E-state index contributed by atoms with van der Waals surface area (Å²) in [5.74, 6) is -0.261. The number of amides is 1. The Bertz CT molecular complexity index is 1930. The average Bonchev–Trinajstić information content (AvgIpc) is 3.54. The van der Waals surface area contributed by atoms with Crippen molar-refractivity contribution in [3.05, 3.63) is 141 Å². The van der Waals surface area contributed by atoms with E-state index in [-0.39, 0.29) is 30.4 Å². The molecule has 4 aromatic rings. The number of azide groups is 1. The Morgan fingerprint density at radius 1 is 1.02 bits per heavy atom. The maximum atomic E-state index is 14.5. The molecule has 0 fully saturated rings. The normalized spacial score (nSPS) is 16.9. The first-order chi connectivity index (χ1) is 24.3. The number of aliphatic hydroxyl groups is 1. The van der Waals surface area contributed by atoms with Crippen LogP contribution >= 0.6 is 0 Å². The van der Waals surface area contributed by atoms with E-state index in [1.165, 1.54) is 12.1 Å². The van der Waals surface area contributed by atoms with Crippen LogP contribution in [-0.2, 0) is 32.3 Å². The Morgan fingerprint density at radius 2 is 1.74 bits per heavy atom. The third kappa shape index (κ3) is 8.87. The van der Waals surface area contributed by atoms with E-state index in [1.807, 2.05) is 31.2 Å². The summed E-state index contributed by atoms with van der Waals surface area (Å²) in [7, 11) is -3.84. The number of nitrogens with one attached hydrogen (secondary N) is 2. The van der Waals surface area contributed by atoms with Gasteiger partial charge in [0.05, 0.1) is 23.8 Å². The van der Waals surface area contributed by atoms with Gasteiger partial charge in [-0.3, -0.25) is 10.2 Å². The van der Waals surface area contributed by atoms with Crippen molar-refractivity contribution in [2.24, 2.45) is 10.1 Å². The Morgan fingerprint density at radius 3 is 2.46 bits per heavy atom. The van der Waals surface area contributed by atoms with Gasteiger partial charge in [-0.15, -0.1) is 0 Å². The molecule has 1 aliphatic heterocycles. The number of ether oxygens (including phenoxy) is 2. The topological polar surface area (TPSA) is 175 Å². The first-order valence-electron chi connectivity index (χ1n) is 16.3. The van der Waals surface area contributed by atoms with E-state index >= 15 is 0 Å². The molecule has 5 rings (SSSR count). The van der Waals surface area contributed by atoms with Crippen molar-refractivity contribution in [1.82, 2.24) is 10.9 Å². The monoisotopic (exact) mass is 696 g/mol. The number of carbonyl (C=O) groups is 1. The number of hydrogen-bond donors (Lipinski definition) is 3. The Hall–Kier alpha value is -5.20. The number of aliphatic imine (C=N–C) groups is 1. The second-order valence-corrected chi connectivity index (χ2v) is 14.0. The van der Waals surface area contributed by atoms with E-state index in [0.29, 0.717) is 48.4 Å². The Balaban J connectivity index is 1.53. The van der Waals surface area contributed by atoms with Gasteiger partial charge in [0.1, 0.15) is 5.75 Å². The average molecular weight is 697 g/mol. The van der Waals surface area contributed by atoms with Crippen LogP contribution in [-0.4, -0.2) is 56.4 Å². The second-order valence-electron chi connectivity index (χ2n) is 11.9. The molecule has 2 atom stereocenters. The smallest absolute Gasteiger partial charge is 0.266 e. The molecule has 4 aromatic carbocycles. The summed E-state index contributed by atoms with van der Waals surface area (Å²) in [6.07, 6.45) is -0.182. The van der Waals surface area contributed by atoms with Gasteiger partial charge >= 0.3 is 0 Å². The maximum absolute atomic E-state index is 14.5. The van der Waals surface area contributed by atoms with Crippen molar-refractivity contribution in [3.8, 4) is 5.75 Å². The van der Waals surface area contributed by atoms with Gasteiger partial charge in [0.25, 0.3) is 5.91 Å². The first-order valence-corrected chi connectivity index (χ1v) is 18.0. The van der Waals surface area contributed by atoms with Crippen LogP contribution in [0.4, 0.5) is 0 Å². The minimum atomic E-state index is -3.84. The van der Waals surface area contributed by atoms with Crippen molar-refractivity contribution in [2.75, 3.05) is 25.5 Å². The highest BCUT2D eigenvalue weighted by molar-refractivity contribution is 7.91. The first kappa shape index (κ1) is 36.1. The molecule has 13 heteroatoms. The van der Waals surface area contributed by atoms with Gasteiger partial charge in [0.15, 0.2) is 21.5 Å². The molecule has 0 aliphatic carbocycles. The number of benzene rings is 4. The van der Waals surface area contributed by atoms with E-state index < -0.39 is 33.1 Å². The van der Waals surface area contributed by atoms with Crippen molar-refractivity contribution in [1.29, 1.82) is 0 Å². The van der Waals surface area contributed by atoms with Gasteiger partial charge in [-0.25, -0.2) is 18.8 Å². The van der Waals surface area contributed by atoms with Crippen molar-refractivity contribution in [2.45, 2.75) is 49.3 Å². The molecule has 1 heterocycles. The molecule has 50 heavy (non-hydrogen) atoms. The van der Waals surface area contributed by atoms with Gasteiger partial charge in [0.2, 0.25) is 5.90 Å². The number of rotatable bonds is 17. The molecule has 0 unspecified atom stereocenters. The maximum Gasteiger partial charge on any atom is 0.266 e. The number of aryl methyl sites for hydroxylation is 1. The Kier molecular flexibility index (Phi) is 12.2. The van der Waals surface area contributed by atoms with Crippen LogP contribution in [0.2, 0.25) is 0 Å². The molecule has 12 nitrogen and oxygen atoms in total. The van der Waals surface area contributed by atoms with Crippen LogP contribution in [0.1, 0.15) is 46.8 Å². The zero-order valence-corrected chi connectivity index (χ0v) is 28.6. The van der Waals surface area contributed by atoms with Crippen molar-refractivity contribution in [3.63, 3.8) is 0 Å². The zero-order chi connectivity index (χ0) is 35.4. The fourth-order valence-corrected chi connectivity index (χ4v) is 7.02. The SMILES string of the molecule is Cc1ccc(CCNNC(=O)[C@@]2(CCS(=O)(=O)c3ccccc3)N=C(c3ccc(OCCCO)cc3)O[C@H]2c2ccccc2CN=[N+]=[N-])cc1. The fourth-order valence-electron chi connectivity index (χ4n) is 5.64. The molecule has 0 spiro atoms. The lowest BCUT2D eigenvalue weighted by atomic mass is 9.83. The molecule has 3 N–H and O–H groups in total. The van der Waals surface area contributed by atoms with Crippen LogP contribution in [0.25, 0.3) is 10.4 Å². The lowest BCUT2D eigenvalue weighted by molar-refractivity contribution is -0.130. The van der Waals surface area contributed by atoms with Crippen LogP contribution < -0.4 is 15.6 Å². The summed E-state index contributed by atoms with van der Waals surface area (Å²) < 4.78 is 39.5. The lowest BCUT2D eigenvalue weighted by Gasteiger charge is -2.31. The lowest BCUT2D eigenvalue weighted by Crippen LogP contribution is -2.53. The summed E-state index contributed by atoms with van der Waals surface area (Å²) >= 11 is 0. The van der Waals surface area contributed by atoms with Crippen molar-refractivity contribution < 1.29 is 27.8 Å². The minimum absolute atomic E-state index is 0.0101. The van der Waals surface area contributed by atoms with E-state index in [9.17, 15) is 13.2 Å². The summed E-state index contributed by atoms with van der Waals surface area (Å²) in [5, 5.41) is 12.8. The minimum Gasteiger partial charge on any atom is -0.494 e. The largest absolute Gasteiger partial charge is 0.494 e. The fraction of sp³-hybridized carbons (Fsp3) is 0.297. The van der Waals surface area contributed by atoms with Crippen molar-refractivity contribution >= 4 is 21.6 Å². The molecule has 0 saturated carbocycles. The predicted octanol–water partition coefficient (Wildman–Crippen LogP) is 5.55. The summed E-state index contributed by atoms with van der Waals surface area (Å²) in [6.45, 7) is 2.75. The number of aliphatic hydroxyl groups excluding tert-OH is 1. The zero-order valence-electron chi connectivity index (χ0n) is 27.7. The van der Waals surface area contributed by atoms with Gasteiger partial charge in [-0.2, -0.15) is 0 Å². The highest BCUT2D eigenvalue weighted by Gasteiger charge is 2.54.